The van der Waals surface area contributed by atoms with Gasteiger partial charge in [0, 0.05) is 19.1 Å². The molecule has 1 heterocycles. The molecule has 0 bridgehead atoms. The summed E-state index contributed by atoms with van der Waals surface area (Å²) in [4.78, 5) is 0. The first-order chi connectivity index (χ1) is 7.16. The van der Waals surface area contributed by atoms with E-state index in [9.17, 15) is 0 Å². The highest BCUT2D eigenvalue weighted by atomic mass is 15.3. The van der Waals surface area contributed by atoms with Crippen LogP contribution in [0.25, 0.3) is 0 Å². The third kappa shape index (κ3) is 2.23. The molecular weight excluding hydrogens is 190 g/mol. The summed E-state index contributed by atoms with van der Waals surface area (Å²) in [7, 11) is 1.89. The van der Waals surface area contributed by atoms with Gasteiger partial charge in [-0.3, -0.25) is 4.68 Å². The van der Waals surface area contributed by atoms with E-state index in [1.54, 1.807) is 10.9 Å². The van der Waals surface area contributed by atoms with Crippen LogP contribution in [-0.4, -0.2) is 21.9 Å². The third-order valence-electron chi connectivity index (χ3n) is 3.02. The summed E-state index contributed by atoms with van der Waals surface area (Å²) in [5.74, 6) is 0.911. The largest absolute Gasteiger partial charge is 0.394 e. The molecule has 15 heavy (non-hydrogen) atoms. The number of aryl methyl sites for hydroxylation is 1. The van der Waals surface area contributed by atoms with Crippen molar-refractivity contribution in [3.05, 3.63) is 6.20 Å². The number of anilines is 2. The normalized spacial score (nSPS) is 26.5. The van der Waals surface area contributed by atoms with Crippen molar-refractivity contribution in [2.75, 3.05) is 11.1 Å². The lowest BCUT2D eigenvalue weighted by molar-refractivity contribution is 0.408. The number of nitrogen functional groups attached to an aromatic ring is 1. The van der Waals surface area contributed by atoms with Gasteiger partial charge in [-0.2, -0.15) is 5.10 Å². The quantitative estimate of drug-likeness (QED) is 0.669. The van der Waals surface area contributed by atoms with Gasteiger partial charge in [0.05, 0.1) is 11.9 Å². The molecule has 84 valence electrons. The Hall–Kier alpha value is -1.23. The summed E-state index contributed by atoms with van der Waals surface area (Å²) in [6, 6.07) is 0.761. The molecule has 0 aliphatic heterocycles. The zero-order valence-corrected chi connectivity index (χ0v) is 9.11. The first-order valence-corrected chi connectivity index (χ1v) is 5.46. The van der Waals surface area contributed by atoms with Crippen LogP contribution in [0.15, 0.2) is 6.20 Å². The molecular formula is C10H19N5. The lowest BCUT2D eigenvalue weighted by Gasteiger charge is -2.28. The van der Waals surface area contributed by atoms with Crippen LogP contribution in [0.2, 0.25) is 0 Å². The van der Waals surface area contributed by atoms with E-state index in [0.717, 1.165) is 18.7 Å². The summed E-state index contributed by atoms with van der Waals surface area (Å²) in [6.45, 7) is 0. The van der Waals surface area contributed by atoms with Gasteiger partial charge < -0.3 is 16.8 Å². The topological polar surface area (TPSA) is 81.9 Å². The monoisotopic (exact) mass is 209 g/mol. The van der Waals surface area contributed by atoms with Crippen molar-refractivity contribution in [3.63, 3.8) is 0 Å². The average molecular weight is 209 g/mol. The van der Waals surface area contributed by atoms with E-state index >= 15 is 0 Å². The van der Waals surface area contributed by atoms with E-state index in [-0.39, 0.29) is 0 Å². The molecule has 0 spiro atoms. The van der Waals surface area contributed by atoms with Gasteiger partial charge in [-0.1, -0.05) is 0 Å². The Morgan fingerprint density at radius 1 is 1.53 bits per heavy atom. The van der Waals surface area contributed by atoms with E-state index in [4.69, 9.17) is 11.5 Å². The van der Waals surface area contributed by atoms with Crippen molar-refractivity contribution in [1.29, 1.82) is 0 Å². The van der Waals surface area contributed by atoms with Gasteiger partial charge in [-0.25, -0.2) is 0 Å². The summed E-state index contributed by atoms with van der Waals surface area (Å²) in [5.41, 5.74) is 12.5. The van der Waals surface area contributed by atoms with Crippen LogP contribution in [0.3, 0.4) is 0 Å². The summed E-state index contributed by atoms with van der Waals surface area (Å²) in [6.07, 6.45) is 6.18. The van der Waals surface area contributed by atoms with Crippen molar-refractivity contribution in [1.82, 2.24) is 9.78 Å². The fourth-order valence-electron chi connectivity index (χ4n) is 2.18. The van der Waals surface area contributed by atoms with E-state index in [2.05, 4.69) is 10.4 Å². The zero-order chi connectivity index (χ0) is 10.8. The molecule has 2 atom stereocenters. The maximum absolute atomic E-state index is 5.94. The zero-order valence-electron chi connectivity index (χ0n) is 9.11. The van der Waals surface area contributed by atoms with Crippen LogP contribution in [-0.2, 0) is 7.05 Å². The van der Waals surface area contributed by atoms with Crippen molar-refractivity contribution < 1.29 is 0 Å². The minimum absolute atomic E-state index is 0.325. The Balaban J connectivity index is 2.02. The Morgan fingerprint density at radius 3 is 2.93 bits per heavy atom. The first kappa shape index (κ1) is 10.3. The van der Waals surface area contributed by atoms with Crippen molar-refractivity contribution in [2.45, 2.75) is 37.8 Å². The molecule has 5 heteroatoms. The number of nitrogens with one attached hydrogen (secondary N) is 1. The van der Waals surface area contributed by atoms with E-state index in [1.165, 1.54) is 12.8 Å². The molecule has 1 aromatic heterocycles. The van der Waals surface area contributed by atoms with E-state index in [1.807, 2.05) is 7.05 Å². The summed E-state index contributed by atoms with van der Waals surface area (Å²) in [5, 5.41) is 7.52. The standard InChI is InChI=1S/C10H19N5/c1-15-10(9(12)6-13-15)14-8-4-2-3-7(11)5-8/h6-8,14H,2-5,11-12H2,1H3/t7-,8-/m0/s1. The van der Waals surface area contributed by atoms with Crippen LogP contribution >= 0.6 is 0 Å². The maximum Gasteiger partial charge on any atom is 0.147 e. The van der Waals surface area contributed by atoms with Crippen molar-refractivity contribution in [2.24, 2.45) is 12.8 Å². The van der Waals surface area contributed by atoms with Crippen LogP contribution < -0.4 is 16.8 Å². The highest BCUT2D eigenvalue weighted by molar-refractivity contribution is 5.60. The maximum atomic E-state index is 5.94. The second kappa shape index (κ2) is 4.10. The van der Waals surface area contributed by atoms with Gasteiger partial charge >= 0.3 is 0 Å². The number of nitrogens with two attached hydrogens (primary N) is 2. The second-order valence-corrected chi connectivity index (χ2v) is 4.34. The lowest BCUT2D eigenvalue weighted by atomic mass is 9.92. The fourth-order valence-corrected chi connectivity index (χ4v) is 2.18. The first-order valence-electron chi connectivity index (χ1n) is 5.46. The van der Waals surface area contributed by atoms with Crippen LogP contribution in [0.1, 0.15) is 25.7 Å². The molecule has 1 aliphatic rings. The molecule has 0 amide bonds. The van der Waals surface area contributed by atoms with Crippen LogP contribution in [0, 0.1) is 0 Å². The molecule has 0 saturated heterocycles. The van der Waals surface area contributed by atoms with Gasteiger partial charge in [0.25, 0.3) is 0 Å². The molecule has 1 saturated carbocycles. The average Bonchev–Trinajstić information content (AvgIpc) is 2.50. The van der Waals surface area contributed by atoms with Crippen LogP contribution in [0.4, 0.5) is 11.5 Å². The molecule has 5 nitrogen and oxygen atoms in total. The van der Waals surface area contributed by atoms with E-state index in [0.29, 0.717) is 17.8 Å². The number of hydrogen-bond donors (Lipinski definition) is 3. The molecule has 1 aliphatic carbocycles. The highest BCUT2D eigenvalue weighted by Crippen LogP contribution is 2.23. The number of rotatable bonds is 2. The lowest BCUT2D eigenvalue weighted by Crippen LogP contribution is -2.35. The second-order valence-electron chi connectivity index (χ2n) is 4.34. The highest BCUT2D eigenvalue weighted by Gasteiger charge is 2.20. The molecule has 1 aromatic rings. The number of hydrogen-bond acceptors (Lipinski definition) is 4. The third-order valence-corrected chi connectivity index (χ3v) is 3.02. The Bertz CT molecular complexity index is 313. The molecule has 5 N–H and O–H groups in total. The molecule has 2 rings (SSSR count). The minimum atomic E-state index is 0.325. The molecule has 0 unspecified atom stereocenters. The minimum Gasteiger partial charge on any atom is -0.394 e. The summed E-state index contributed by atoms with van der Waals surface area (Å²) >= 11 is 0. The predicted molar refractivity (Wildman–Crippen MR) is 61.5 cm³/mol. The van der Waals surface area contributed by atoms with Gasteiger partial charge in [0.1, 0.15) is 5.82 Å². The van der Waals surface area contributed by atoms with E-state index < -0.39 is 0 Å². The molecule has 1 fully saturated rings. The van der Waals surface area contributed by atoms with Crippen molar-refractivity contribution >= 4 is 11.5 Å². The molecule has 0 aromatic carbocycles. The SMILES string of the molecule is Cn1ncc(N)c1N[C@H]1CCC[C@H](N)C1. The van der Waals surface area contributed by atoms with Gasteiger partial charge in [-0.15, -0.1) is 0 Å². The Kier molecular flexibility index (Phi) is 2.81. The van der Waals surface area contributed by atoms with Gasteiger partial charge in [-0.05, 0) is 25.7 Å². The number of nitrogens with zero attached hydrogens (tertiary/aromatic N) is 2. The Labute approximate surface area is 89.8 Å². The van der Waals surface area contributed by atoms with Crippen molar-refractivity contribution in [3.8, 4) is 0 Å². The number of aromatic nitrogens is 2. The molecule has 0 radical (unpaired) electrons. The smallest absolute Gasteiger partial charge is 0.147 e. The Morgan fingerprint density at radius 2 is 2.33 bits per heavy atom. The summed E-state index contributed by atoms with van der Waals surface area (Å²) < 4.78 is 1.77. The predicted octanol–water partition coefficient (Wildman–Crippen LogP) is 0.684. The fraction of sp³-hybridized carbons (Fsp3) is 0.700. The van der Waals surface area contributed by atoms with Gasteiger partial charge in [0.2, 0.25) is 0 Å². The van der Waals surface area contributed by atoms with Gasteiger partial charge in [0.15, 0.2) is 0 Å². The van der Waals surface area contributed by atoms with Crippen LogP contribution in [0.5, 0.6) is 0 Å².